The molecule has 1 aromatic heterocycles. The van der Waals surface area contributed by atoms with Crippen LogP contribution in [0.3, 0.4) is 0 Å². The highest BCUT2D eigenvalue weighted by molar-refractivity contribution is 5.93. The Bertz CT molecular complexity index is 787. The minimum atomic E-state index is -0.548. The molecule has 7 nitrogen and oxygen atoms in total. The topological polar surface area (TPSA) is 99.3 Å². The first-order chi connectivity index (χ1) is 10.5. The molecular formula is C15H18N4O3. The van der Waals surface area contributed by atoms with Crippen molar-refractivity contribution in [3.05, 3.63) is 34.2 Å². The van der Waals surface area contributed by atoms with Crippen LogP contribution in [0.15, 0.2) is 28.1 Å². The Labute approximate surface area is 126 Å². The molecule has 0 aliphatic carbocycles. The van der Waals surface area contributed by atoms with Gasteiger partial charge in [0.15, 0.2) is 0 Å². The van der Waals surface area contributed by atoms with Crippen LogP contribution in [0.2, 0.25) is 0 Å². The number of hydrogen-bond donors (Lipinski definition) is 3. The molecule has 22 heavy (non-hydrogen) atoms. The normalized spacial score (nSPS) is 17.6. The molecule has 3 rings (SSSR count). The van der Waals surface area contributed by atoms with Gasteiger partial charge in [-0.15, -0.1) is 0 Å². The van der Waals surface area contributed by atoms with E-state index in [4.69, 9.17) is 4.84 Å². The van der Waals surface area contributed by atoms with Gasteiger partial charge in [0.05, 0.1) is 16.7 Å². The SMILES string of the molecule is CC(C)C1=NOC(C(=O)NCc2ccc3[nH]c(=O)[nH]c3c2)C1. The number of carbonyl (C=O) groups is 1. The van der Waals surface area contributed by atoms with Gasteiger partial charge in [0, 0.05) is 13.0 Å². The van der Waals surface area contributed by atoms with E-state index in [2.05, 4.69) is 20.4 Å². The first-order valence-corrected chi connectivity index (χ1v) is 7.24. The highest BCUT2D eigenvalue weighted by Gasteiger charge is 2.28. The molecule has 2 aromatic rings. The Morgan fingerprint density at radius 2 is 2.18 bits per heavy atom. The Hall–Kier alpha value is -2.57. The lowest BCUT2D eigenvalue weighted by atomic mass is 10.0. The van der Waals surface area contributed by atoms with Gasteiger partial charge in [-0.05, 0) is 23.6 Å². The van der Waals surface area contributed by atoms with E-state index in [1.807, 2.05) is 26.0 Å². The third kappa shape index (κ3) is 2.88. The largest absolute Gasteiger partial charge is 0.382 e. The van der Waals surface area contributed by atoms with E-state index in [9.17, 15) is 9.59 Å². The van der Waals surface area contributed by atoms with Crippen molar-refractivity contribution in [3.63, 3.8) is 0 Å². The second kappa shape index (κ2) is 5.67. The molecule has 2 heterocycles. The molecule has 1 atom stereocenters. The zero-order valence-electron chi connectivity index (χ0n) is 12.5. The van der Waals surface area contributed by atoms with Crippen LogP contribution in [0.5, 0.6) is 0 Å². The van der Waals surface area contributed by atoms with Crippen molar-refractivity contribution in [2.75, 3.05) is 0 Å². The molecule has 0 bridgehead atoms. The van der Waals surface area contributed by atoms with Crippen molar-refractivity contribution in [2.45, 2.75) is 32.9 Å². The van der Waals surface area contributed by atoms with Crippen molar-refractivity contribution in [2.24, 2.45) is 11.1 Å². The maximum Gasteiger partial charge on any atom is 0.323 e. The zero-order chi connectivity index (χ0) is 15.7. The summed E-state index contributed by atoms with van der Waals surface area (Å²) in [6.07, 6.45) is -0.0126. The molecular weight excluding hydrogens is 284 g/mol. The summed E-state index contributed by atoms with van der Waals surface area (Å²) in [7, 11) is 0. The summed E-state index contributed by atoms with van der Waals surface area (Å²) in [6, 6.07) is 5.50. The van der Waals surface area contributed by atoms with E-state index in [1.165, 1.54) is 0 Å². The molecule has 1 aromatic carbocycles. The van der Waals surface area contributed by atoms with Crippen LogP contribution in [0.4, 0.5) is 0 Å². The molecule has 3 N–H and O–H groups in total. The molecule has 1 aliphatic rings. The maximum atomic E-state index is 12.1. The quantitative estimate of drug-likeness (QED) is 0.793. The van der Waals surface area contributed by atoms with Gasteiger partial charge in [-0.1, -0.05) is 25.1 Å². The predicted octanol–water partition coefficient (Wildman–Crippen LogP) is 1.27. The van der Waals surface area contributed by atoms with Gasteiger partial charge in [-0.2, -0.15) is 0 Å². The number of H-pyrrole nitrogens is 2. The number of carbonyl (C=O) groups excluding carboxylic acids is 1. The van der Waals surface area contributed by atoms with Gasteiger partial charge in [-0.25, -0.2) is 4.79 Å². The number of fused-ring (bicyclic) bond motifs is 1. The number of nitrogens with one attached hydrogen (secondary N) is 3. The molecule has 0 saturated carbocycles. The van der Waals surface area contributed by atoms with Crippen LogP contribution in [0.1, 0.15) is 25.8 Å². The monoisotopic (exact) mass is 302 g/mol. The van der Waals surface area contributed by atoms with Crippen molar-refractivity contribution in [3.8, 4) is 0 Å². The van der Waals surface area contributed by atoms with Crippen LogP contribution in [-0.2, 0) is 16.2 Å². The van der Waals surface area contributed by atoms with E-state index < -0.39 is 6.10 Å². The van der Waals surface area contributed by atoms with Crippen molar-refractivity contribution in [1.29, 1.82) is 0 Å². The van der Waals surface area contributed by atoms with Crippen molar-refractivity contribution >= 4 is 22.7 Å². The lowest BCUT2D eigenvalue weighted by molar-refractivity contribution is -0.131. The molecule has 0 spiro atoms. The van der Waals surface area contributed by atoms with Crippen LogP contribution < -0.4 is 11.0 Å². The number of oxime groups is 1. The van der Waals surface area contributed by atoms with E-state index in [0.29, 0.717) is 13.0 Å². The van der Waals surface area contributed by atoms with Gasteiger partial charge < -0.3 is 20.1 Å². The molecule has 1 aliphatic heterocycles. The number of aromatic nitrogens is 2. The fraction of sp³-hybridized carbons (Fsp3) is 0.400. The summed E-state index contributed by atoms with van der Waals surface area (Å²) in [4.78, 5) is 33.8. The average molecular weight is 302 g/mol. The number of hydrogen-bond acceptors (Lipinski definition) is 4. The van der Waals surface area contributed by atoms with E-state index in [-0.39, 0.29) is 17.5 Å². The molecule has 1 amide bonds. The van der Waals surface area contributed by atoms with E-state index in [1.54, 1.807) is 6.07 Å². The second-order valence-electron chi connectivity index (χ2n) is 5.71. The summed E-state index contributed by atoms with van der Waals surface area (Å²) in [5.74, 6) is 0.104. The average Bonchev–Trinajstić information content (AvgIpc) is 3.09. The lowest BCUT2D eigenvalue weighted by Gasteiger charge is -2.10. The fourth-order valence-electron chi connectivity index (χ4n) is 2.37. The molecule has 0 saturated heterocycles. The number of aromatic amines is 2. The van der Waals surface area contributed by atoms with Gasteiger partial charge in [0.1, 0.15) is 0 Å². The Morgan fingerprint density at radius 1 is 1.41 bits per heavy atom. The fourth-order valence-corrected chi connectivity index (χ4v) is 2.37. The van der Waals surface area contributed by atoms with E-state index >= 15 is 0 Å². The maximum absolute atomic E-state index is 12.1. The van der Waals surface area contributed by atoms with Crippen LogP contribution >= 0.6 is 0 Å². The molecule has 0 fully saturated rings. The molecule has 0 radical (unpaired) electrons. The summed E-state index contributed by atoms with van der Waals surface area (Å²) >= 11 is 0. The Kier molecular flexibility index (Phi) is 3.70. The van der Waals surface area contributed by atoms with Crippen LogP contribution in [0.25, 0.3) is 11.0 Å². The summed E-state index contributed by atoms with van der Waals surface area (Å²) < 4.78 is 0. The molecule has 1 unspecified atom stereocenters. The summed E-state index contributed by atoms with van der Waals surface area (Å²) in [5, 5.41) is 6.78. The smallest absolute Gasteiger partial charge is 0.323 e. The third-order valence-electron chi connectivity index (χ3n) is 3.70. The Morgan fingerprint density at radius 3 is 2.91 bits per heavy atom. The minimum Gasteiger partial charge on any atom is -0.382 e. The molecule has 116 valence electrons. The van der Waals surface area contributed by atoms with E-state index in [0.717, 1.165) is 22.3 Å². The van der Waals surface area contributed by atoms with Crippen LogP contribution in [-0.4, -0.2) is 27.7 Å². The predicted molar refractivity (Wildman–Crippen MR) is 82.5 cm³/mol. The first-order valence-electron chi connectivity index (χ1n) is 7.24. The molecule has 7 heteroatoms. The van der Waals surface area contributed by atoms with Crippen molar-refractivity contribution < 1.29 is 9.63 Å². The number of rotatable bonds is 4. The zero-order valence-corrected chi connectivity index (χ0v) is 12.5. The third-order valence-corrected chi connectivity index (χ3v) is 3.70. The van der Waals surface area contributed by atoms with Gasteiger partial charge in [-0.3, -0.25) is 4.79 Å². The second-order valence-corrected chi connectivity index (χ2v) is 5.71. The number of benzene rings is 1. The summed E-state index contributed by atoms with van der Waals surface area (Å²) in [6.45, 7) is 4.42. The lowest BCUT2D eigenvalue weighted by Crippen LogP contribution is -2.34. The standard InChI is InChI=1S/C15H18N4O3/c1-8(2)11-6-13(22-19-11)14(20)16-7-9-3-4-10-12(5-9)18-15(21)17-10/h3-5,8,13H,6-7H2,1-2H3,(H,16,20)(H2,17,18,21). The highest BCUT2D eigenvalue weighted by Crippen LogP contribution is 2.16. The summed E-state index contributed by atoms with van der Waals surface area (Å²) in [5.41, 5.74) is 3.04. The minimum absolute atomic E-state index is 0.179. The van der Waals surface area contributed by atoms with Crippen molar-refractivity contribution in [1.82, 2.24) is 15.3 Å². The number of imidazole rings is 1. The van der Waals surface area contributed by atoms with Gasteiger partial charge >= 0.3 is 5.69 Å². The first kappa shape index (κ1) is 14.4. The number of nitrogens with zero attached hydrogens (tertiary/aromatic N) is 1. The van der Waals surface area contributed by atoms with Gasteiger partial charge in [0.2, 0.25) is 6.10 Å². The highest BCUT2D eigenvalue weighted by atomic mass is 16.6. The number of amides is 1. The van der Waals surface area contributed by atoms with Crippen LogP contribution in [0, 0.1) is 5.92 Å². The Balaban J connectivity index is 1.59. The van der Waals surface area contributed by atoms with Gasteiger partial charge in [0.25, 0.3) is 5.91 Å².